The van der Waals surface area contributed by atoms with Crippen LogP contribution in [0.4, 0.5) is 19.3 Å². The van der Waals surface area contributed by atoms with Crippen molar-refractivity contribution in [3.63, 3.8) is 0 Å². The summed E-state index contributed by atoms with van der Waals surface area (Å²) >= 11 is 0. The monoisotopic (exact) mass is 633 g/mol. The van der Waals surface area contributed by atoms with Crippen LogP contribution in [0.5, 0.6) is 0 Å². The van der Waals surface area contributed by atoms with Crippen LogP contribution in [0.2, 0.25) is 0 Å². The van der Waals surface area contributed by atoms with Crippen molar-refractivity contribution in [3.8, 4) is 0 Å². The summed E-state index contributed by atoms with van der Waals surface area (Å²) < 4.78 is 61.0. The van der Waals surface area contributed by atoms with Crippen LogP contribution in [0, 0.1) is 17.6 Å². The highest BCUT2D eigenvalue weighted by atomic mass is 32.2. The van der Waals surface area contributed by atoms with Crippen molar-refractivity contribution in [2.24, 2.45) is 5.92 Å². The molecule has 0 saturated carbocycles. The van der Waals surface area contributed by atoms with Crippen molar-refractivity contribution < 1.29 is 42.0 Å². The summed E-state index contributed by atoms with van der Waals surface area (Å²) in [6, 6.07) is 16.9. The molecule has 3 aromatic rings. The topological polar surface area (TPSA) is 140 Å². The Hall–Kier alpha value is -3.46. The van der Waals surface area contributed by atoms with Crippen molar-refractivity contribution in [2.75, 3.05) is 24.5 Å². The molecule has 3 aromatic carbocycles. The maximum Gasteiger partial charge on any atom is 0.414 e. The van der Waals surface area contributed by atoms with Gasteiger partial charge >= 0.3 is 6.09 Å². The van der Waals surface area contributed by atoms with Gasteiger partial charge in [-0.1, -0.05) is 56.3 Å². The molecule has 4 N–H and O–H groups in total. The molecule has 0 radical (unpaired) electrons. The Kier molecular flexibility index (Phi) is 11.1. The molecule has 0 bridgehead atoms. The Morgan fingerprint density at radius 3 is 2.27 bits per heavy atom. The fraction of sp³-hybridized carbons (Fsp3) is 0.387. The van der Waals surface area contributed by atoms with E-state index in [2.05, 4.69) is 5.32 Å². The summed E-state index contributed by atoms with van der Waals surface area (Å²) in [6.45, 7) is 3.06. The SMILES string of the molecule is CC(C)CN(C[C@@H](O)[C@H](Cc1ccccc1)NC(O)[C@@H]1CN(c2ccc(F)c(F)c2)C(=O)O1)S(=O)(=O)c1ccc(CO)cc1. The molecule has 0 aromatic heterocycles. The standard InChI is InChI=1S/C31H37F2N3O7S/c1-20(2)16-35(44(41,42)24-11-8-22(19-37)9-12-24)17-28(38)27(14-21-6-4-3-5-7-21)34-30(39)29-18-36(31(40)43-29)23-10-13-25(32)26(33)15-23/h3-13,15,20,27-30,34,37-39H,14,16-19H2,1-2H3/t27-,28+,29-,30?/m0/s1. The number of carbonyl (C=O) groups is 1. The number of sulfonamides is 1. The predicted molar refractivity (Wildman–Crippen MR) is 159 cm³/mol. The minimum absolute atomic E-state index is 0.00495. The molecule has 4 atom stereocenters. The summed E-state index contributed by atoms with van der Waals surface area (Å²) in [6.07, 6.45) is -4.65. The first-order chi connectivity index (χ1) is 20.9. The number of benzene rings is 3. The number of nitrogens with zero attached hydrogens (tertiary/aromatic N) is 2. The number of cyclic esters (lactones) is 1. The summed E-state index contributed by atoms with van der Waals surface area (Å²) in [7, 11) is -4.05. The predicted octanol–water partition coefficient (Wildman–Crippen LogP) is 3.01. The number of anilines is 1. The number of ether oxygens (including phenoxy) is 1. The Bertz CT molecular complexity index is 1510. The number of aliphatic hydroxyl groups is 3. The van der Waals surface area contributed by atoms with Gasteiger partial charge in [0.1, 0.15) is 6.23 Å². The van der Waals surface area contributed by atoms with Gasteiger partial charge in [0.15, 0.2) is 17.7 Å². The first-order valence-corrected chi connectivity index (χ1v) is 15.6. The summed E-state index contributed by atoms with van der Waals surface area (Å²) in [5.74, 6) is -2.30. The summed E-state index contributed by atoms with van der Waals surface area (Å²) in [4.78, 5) is 13.6. The molecule has 4 rings (SSSR count). The second kappa shape index (κ2) is 14.5. The van der Waals surface area contributed by atoms with Crippen LogP contribution in [0.15, 0.2) is 77.7 Å². The zero-order chi connectivity index (χ0) is 32.0. The molecule has 0 aliphatic carbocycles. The van der Waals surface area contributed by atoms with Crippen molar-refractivity contribution in [2.45, 2.75) is 56.2 Å². The maximum absolute atomic E-state index is 13.8. The van der Waals surface area contributed by atoms with Gasteiger partial charge in [-0.15, -0.1) is 0 Å². The fourth-order valence-electron chi connectivity index (χ4n) is 4.94. The summed E-state index contributed by atoms with van der Waals surface area (Å²) in [5, 5.41) is 34.8. The third-order valence-electron chi connectivity index (χ3n) is 7.25. The van der Waals surface area contributed by atoms with Crippen molar-refractivity contribution >= 4 is 21.8 Å². The van der Waals surface area contributed by atoms with Gasteiger partial charge in [0.2, 0.25) is 10.0 Å². The van der Waals surface area contributed by atoms with Crippen LogP contribution < -0.4 is 10.2 Å². The lowest BCUT2D eigenvalue weighted by Gasteiger charge is -2.32. The van der Waals surface area contributed by atoms with Gasteiger partial charge in [0, 0.05) is 25.2 Å². The van der Waals surface area contributed by atoms with E-state index in [1.54, 1.807) is 12.1 Å². The zero-order valence-electron chi connectivity index (χ0n) is 24.4. The molecule has 44 heavy (non-hydrogen) atoms. The molecule has 1 heterocycles. The lowest BCUT2D eigenvalue weighted by atomic mass is 10.00. The van der Waals surface area contributed by atoms with E-state index >= 15 is 0 Å². The second-order valence-corrected chi connectivity index (χ2v) is 13.1. The van der Waals surface area contributed by atoms with Crippen LogP contribution in [-0.2, 0) is 27.8 Å². The molecule has 1 aliphatic rings. The Labute approximate surface area is 255 Å². The minimum Gasteiger partial charge on any atom is -0.440 e. The number of carbonyl (C=O) groups excluding carboxylic acids is 1. The number of aliphatic hydroxyl groups excluding tert-OH is 3. The van der Waals surface area contributed by atoms with Crippen LogP contribution in [0.25, 0.3) is 0 Å². The van der Waals surface area contributed by atoms with E-state index in [1.807, 2.05) is 32.0 Å². The lowest BCUT2D eigenvalue weighted by molar-refractivity contribution is -0.0119. The van der Waals surface area contributed by atoms with Crippen molar-refractivity contribution in [1.29, 1.82) is 0 Å². The van der Waals surface area contributed by atoms with Gasteiger partial charge in [-0.3, -0.25) is 10.2 Å². The van der Waals surface area contributed by atoms with Gasteiger partial charge in [0.05, 0.1) is 29.8 Å². The van der Waals surface area contributed by atoms with Gasteiger partial charge in [-0.2, -0.15) is 4.31 Å². The number of hydrogen-bond acceptors (Lipinski definition) is 8. The van der Waals surface area contributed by atoms with E-state index < -0.39 is 52.2 Å². The van der Waals surface area contributed by atoms with E-state index in [0.29, 0.717) is 5.56 Å². The fourth-order valence-corrected chi connectivity index (χ4v) is 6.57. The molecule has 13 heteroatoms. The number of hydrogen-bond donors (Lipinski definition) is 4. The first-order valence-electron chi connectivity index (χ1n) is 14.2. The maximum atomic E-state index is 13.8. The molecule has 10 nitrogen and oxygen atoms in total. The smallest absolute Gasteiger partial charge is 0.414 e. The van der Waals surface area contributed by atoms with E-state index in [4.69, 9.17) is 4.74 Å². The van der Waals surface area contributed by atoms with Gasteiger partial charge in [0.25, 0.3) is 0 Å². The number of nitrogens with one attached hydrogen (secondary N) is 1. The highest BCUT2D eigenvalue weighted by molar-refractivity contribution is 7.89. The molecule has 1 unspecified atom stereocenters. The quantitative estimate of drug-likeness (QED) is 0.199. The molecule has 1 amide bonds. The molecular weight excluding hydrogens is 596 g/mol. The second-order valence-electron chi connectivity index (χ2n) is 11.1. The summed E-state index contributed by atoms with van der Waals surface area (Å²) in [5.41, 5.74) is 1.39. The van der Waals surface area contributed by atoms with Crippen LogP contribution in [0.3, 0.4) is 0 Å². The number of rotatable bonds is 14. The first kappa shape index (κ1) is 33.4. The van der Waals surface area contributed by atoms with Crippen LogP contribution >= 0.6 is 0 Å². The molecule has 1 saturated heterocycles. The van der Waals surface area contributed by atoms with Gasteiger partial charge in [-0.05, 0) is 47.7 Å². The van der Waals surface area contributed by atoms with E-state index in [-0.39, 0.29) is 49.2 Å². The Balaban J connectivity index is 1.54. The molecular formula is C31H37F2N3O7S. The molecule has 1 fully saturated rings. The third kappa shape index (κ3) is 8.17. The van der Waals surface area contributed by atoms with Crippen LogP contribution in [-0.4, -0.2) is 78.2 Å². The minimum atomic E-state index is -4.05. The normalized spacial score (nSPS) is 17.6. The van der Waals surface area contributed by atoms with E-state index in [0.717, 1.165) is 22.6 Å². The van der Waals surface area contributed by atoms with Gasteiger partial charge < -0.3 is 20.1 Å². The van der Waals surface area contributed by atoms with E-state index in [9.17, 15) is 37.3 Å². The zero-order valence-corrected chi connectivity index (χ0v) is 25.2. The number of amides is 1. The van der Waals surface area contributed by atoms with E-state index in [1.165, 1.54) is 34.6 Å². The Morgan fingerprint density at radius 2 is 1.66 bits per heavy atom. The average molecular weight is 634 g/mol. The third-order valence-corrected chi connectivity index (χ3v) is 9.10. The highest BCUT2D eigenvalue weighted by Crippen LogP contribution is 2.25. The lowest BCUT2D eigenvalue weighted by Crippen LogP contribution is -2.55. The molecule has 238 valence electrons. The van der Waals surface area contributed by atoms with Crippen molar-refractivity contribution in [1.82, 2.24) is 9.62 Å². The van der Waals surface area contributed by atoms with Crippen LogP contribution in [0.1, 0.15) is 25.0 Å². The highest BCUT2D eigenvalue weighted by Gasteiger charge is 2.39. The number of halogens is 2. The Morgan fingerprint density at radius 1 is 0.977 bits per heavy atom. The van der Waals surface area contributed by atoms with Gasteiger partial charge in [-0.25, -0.2) is 22.0 Å². The largest absolute Gasteiger partial charge is 0.440 e. The van der Waals surface area contributed by atoms with Crippen molar-refractivity contribution in [3.05, 3.63) is 95.6 Å². The average Bonchev–Trinajstić information content (AvgIpc) is 3.39. The molecule has 1 aliphatic heterocycles. The molecule has 0 spiro atoms.